The first-order chi connectivity index (χ1) is 7.16. The molecule has 0 aliphatic carbocycles. The summed E-state index contributed by atoms with van der Waals surface area (Å²) in [6, 6.07) is 2.47. The molecule has 1 aliphatic rings. The van der Waals surface area contributed by atoms with Crippen LogP contribution in [0.25, 0.3) is 0 Å². The summed E-state index contributed by atoms with van der Waals surface area (Å²) in [6.07, 6.45) is 4.03. The van der Waals surface area contributed by atoms with Crippen molar-refractivity contribution in [3.8, 4) is 0 Å². The Morgan fingerprint density at radius 2 is 2.13 bits per heavy atom. The topological polar surface area (TPSA) is 42.2 Å². The van der Waals surface area contributed by atoms with Gasteiger partial charge in [-0.1, -0.05) is 0 Å². The lowest BCUT2D eigenvalue weighted by Gasteiger charge is -2.31. The fourth-order valence-electron chi connectivity index (χ4n) is 1.87. The summed E-state index contributed by atoms with van der Waals surface area (Å²) in [4.78, 5) is 6.76. The van der Waals surface area contributed by atoms with Crippen LogP contribution in [0.3, 0.4) is 0 Å². The highest BCUT2D eigenvalue weighted by Crippen LogP contribution is 2.26. The number of rotatable bonds is 1. The highest BCUT2D eigenvalue weighted by atomic mass is 79.9. The Kier molecular flexibility index (Phi) is 3.26. The lowest BCUT2D eigenvalue weighted by molar-refractivity contribution is 0.498. The Labute approximate surface area is 98.8 Å². The Morgan fingerprint density at radius 3 is 2.73 bits per heavy atom. The minimum Gasteiger partial charge on any atom is -0.356 e. The van der Waals surface area contributed by atoms with E-state index in [1.165, 1.54) is 5.56 Å². The molecule has 0 amide bonds. The van der Waals surface area contributed by atoms with Crippen LogP contribution >= 0.6 is 15.9 Å². The third kappa shape index (κ3) is 2.49. The smallest absolute Gasteiger partial charge is 0.142 e. The summed E-state index contributed by atoms with van der Waals surface area (Å²) in [7, 11) is 0. The van der Waals surface area contributed by atoms with Crippen molar-refractivity contribution in [2.24, 2.45) is 5.73 Å². The van der Waals surface area contributed by atoms with Crippen molar-refractivity contribution < 1.29 is 0 Å². The van der Waals surface area contributed by atoms with E-state index in [1.807, 2.05) is 13.1 Å². The number of aryl methyl sites for hydroxylation is 1. The van der Waals surface area contributed by atoms with Crippen LogP contribution < -0.4 is 10.6 Å². The Morgan fingerprint density at radius 1 is 1.47 bits per heavy atom. The number of hydrogen-bond donors (Lipinski definition) is 1. The predicted octanol–water partition coefficient (Wildman–Crippen LogP) is 2.08. The second-order valence-electron chi connectivity index (χ2n) is 4.14. The molecule has 2 heterocycles. The molecule has 1 fully saturated rings. The van der Waals surface area contributed by atoms with Gasteiger partial charge in [-0.25, -0.2) is 4.98 Å². The van der Waals surface area contributed by atoms with Crippen LogP contribution in [0.4, 0.5) is 5.82 Å². The standard InChI is InChI=1S/C11H16BrN3/c1-8-6-10(12)11(14-7-8)15-4-2-9(13)3-5-15/h6-7,9H,2-5,13H2,1H3. The van der Waals surface area contributed by atoms with Crippen molar-refractivity contribution in [1.82, 2.24) is 4.98 Å². The number of pyridine rings is 1. The van der Waals surface area contributed by atoms with Gasteiger partial charge in [0, 0.05) is 25.3 Å². The average molecular weight is 270 g/mol. The van der Waals surface area contributed by atoms with Crippen LogP contribution in [0, 0.1) is 6.92 Å². The van der Waals surface area contributed by atoms with Crippen molar-refractivity contribution in [2.75, 3.05) is 18.0 Å². The maximum absolute atomic E-state index is 5.88. The molecule has 1 aliphatic heterocycles. The first kappa shape index (κ1) is 10.9. The molecule has 82 valence electrons. The predicted molar refractivity (Wildman–Crippen MR) is 66.1 cm³/mol. The fourth-order valence-corrected chi connectivity index (χ4v) is 2.58. The van der Waals surface area contributed by atoms with Gasteiger partial charge >= 0.3 is 0 Å². The van der Waals surface area contributed by atoms with Crippen molar-refractivity contribution in [3.05, 3.63) is 22.3 Å². The fraction of sp³-hybridized carbons (Fsp3) is 0.545. The van der Waals surface area contributed by atoms with Gasteiger partial charge in [-0.15, -0.1) is 0 Å². The van der Waals surface area contributed by atoms with E-state index in [9.17, 15) is 0 Å². The molecule has 1 aromatic heterocycles. The van der Waals surface area contributed by atoms with Gasteiger partial charge in [-0.05, 0) is 47.3 Å². The summed E-state index contributed by atoms with van der Waals surface area (Å²) in [6.45, 7) is 4.07. The van der Waals surface area contributed by atoms with Crippen LogP contribution in [0.1, 0.15) is 18.4 Å². The van der Waals surface area contributed by atoms with Gasteiger partial charge in [0.2, 0.25) is 0 Å². The van der Waals surface area contributed by atoms with Crippen LogP contribution in [-0.4, -0.2) is 24.1 Å². The molecule has 0 saturated carbocycles. The Bertz CT molecular complexity index is 346. The number of halogens is 1. The van der Waals surface area contributed by atoms with Gasteiger partial charge in [0.15, 0.2) is 0 Å². The largest absolute Gasteiger partial charge is 0.356 e. The zero-order valence-corrected chi connectivity index (χ0v) is 10.5. The zero-order chi connectivity index (χ0) is 10.8. The van der Waals surface area contributed by atoms with Gasteiger partial charge in [0.05, 0.1) is 4.47 Å². The van der Waals surface area contributed by atoms with Crippen molar-refractivity contribution in [2.45, 2.75) is 25.8 Å². The van der Waals surface area contributed by atoms with E-state index in [1.54, 1.807) is 0 Å². The molecule has 3 nitrogen and oxygen atoms in total. The first-order valence-electron chi connectivity index (χ1n) is 5.29. The van der Waals surface area contributed by atoms with Gasteiger partial charge in [-0.3, -0.25) is 0 Å². The van der Waals surface area contributed by atoms with Crippen molar-refractivity contribution >= 4 is 21.7 Å². The van der Waals surface area contributed by atoms with E-state index in [-0.39, 0.29) is 0 Å². The van der Waals surface area contributed by atoms with Gasteiger partial charge in [0.25, 0.3) is 0 Å². The number of hydrogen-bond acceptors (Lipinski definition) is 3. The average Bonchev–Trinajstić information content (AvgIpc) is 2.20. The second kappa shape index (κ2) is 4.49. The van der Waals surface area contributed by atoms with Crippen LogP contribution in [-0.2, 0) is 0 Å². The van der Waals surface area contributed by atoms with E-state index in [0.29, 0.717) is 6.04 Å². The minimum absolute atomic E-state index is 0.366. The van der Waals surface area contributed by atoms with Gasteiger partial charge < -0.3 is 10.6 Å². The Balaban J connectivity index is 2.15. The highest BCUT2D eigenvalue weighted by molar-refractivity contribution is 9.10. The quantitative estimate of drug-likeness (QED) is 0.849. The number of anilines is 1. The summed E-state index contributed by atoms with van der Waals surface area (Å²) >= 11 is 3.56. The molecule has 0 unspecified atom stereocenters. The zero-order valence-electron chi connectivity index (χ0n) is 8.91. The lowest BCUT2D eigenvalue weighted by Crippen LogP contribution is -2.40. The van der Waals surface area contributed by atoms with Gasteiger partial charge in [-0.2, -0.15) is 0 Å². The molecular weight excluding hydrogens is 254 g/mol. The number of nitrogens with zero attached hydrogens (tertiary/aromatic N) is 2. The lowest BCUT2D eigenvalue weighted by atomic mass is 10.1. The van der Waals surface area contributed by atoms with Crippen LogP contribution in [0.15, 0.2) is 16.7 Å². The molecule has 0 atom stereocenters. The number of nitrogens with two attached hydrogens (primary N) is 1. The van der Waals surface area contributed by atoms with E-state index in [0.717, 1.165) is 36.2 Å². The molecule has 4 heteroatoms. The molecule has 0 bridgehead atoms. The molecule has 0 aromatic carbocycles. The highest BCUT2D eigenvalue weighted by Gasteiger charge is 2.18. The molecule has 0 radical (unpaired) electrons. The summed E-state index contributed by atoms with van der Waals surface area (Å²) in [5, 5.41) is 0. The van der Waals surface area contributed by atoms with E-state index >= 15 is 0 Å². The summed E-state index contributed by atoms with van der Waals surface area (Å²) in [5.74, 6) is 1.05. The second-order valence-corrected chi connectivity index (χ2v) is 5.00. The minimum atomic E-state index is 0.366. The van der Waals surface area contributed by atoms with Gasteiger partial charge in [0.1, 0.15) is 5.82 Å². The molecular formula is C11H16BrN3. The summed E-state index contributed by atoms with van der Waals surface area (Å²) < 4.78 is 1.08. The van der Waals surface area contributed by atoms with E-state index < -0.39 is 0 Å². The van der Waals surface area contributed by atoms with Crippen molar-refractivity contribution in [1.29, 1.82) is 0 Å². The monoisotopic (exact) mass is 269 g/mol. The molecule has 0 spiro atoms. The molecule has 2 N–H and O–H groups in total. The number of piperidine rings is 1. The van der Waals surface area contributed by atoms with E-state index in [4.69, 9.17) is 5.73 Å². The maximum Gasteiger partial charge on any atom is 0.142 e. The van der Waals surface area contributed by atoms with Crippen molar-refractivity contribution in [3.63, 3.8) is 0 Å². The molecule has 2 rings (SSSR count). The molecule has 15 heavy (non-hydrogen) atoms. The maximum atomic E-state index is 5.88. The van der Waals surface area contributed by atoms with Crippen LogP contribution in [0.5, 0.6) is 0 Å². The summed E-state index contributed by atoms with van der Waals surface area (Å²) in [5.41, 5.74) is 7.06. The normalized spacial score (nSPS) is 18.2. The third-order valence-electron chi connectivity index (χ3n) is 2.80. The Hall–Kier alpha value is -0.610. The molecule has 1 aromatic rings. The third-order valence-corrected chi connectivity index (χ3v) is 3.38. The SMILES string of the molecule is Cc1cnc(N2CCC(N)CC2)c(Br)c1. The van der Waals surface area contributed by atoms with Crippen LogP contribution in [0.2, 0.25) is 0 Å². The van der Waals surface area contributed by atoms with E-state index in [2.05, 4.69) is 31.9 Å². The first-order valence-corrected chi connectivity index (χ1v) is 6.09. The molecule has 1 saturated heterocycles. The number of aromatic nitrogens is 1.